The van der Waals surface area contributed by atoms with Crippen molar-refractivity contribution in [1.29, 1.82) is 0 Å². The fourth-order valence-corrected chi connectivity index (χ4v) is 3.22. The molecule has 7 nitrogen and oxygen atoms in total. The van der Waals surface area contributed by atoms with Crippen LogP contribution in [0.4, 0.5) is 0 Å². The number of hydrogen-bond donors (Lipinski definition) is 1. The van der Waals surface area contributed by atoms with E-state index < -0.39 is 0 Å². The minimum atomic E-state index is -0.263. The van der Waals surface area contributed by atoms with Gasteiger partial charge in [-0.15, -0.1) is 0 Å². The number of aromatic nitrogens is 3. The molecule has 2 aromatic heterocycles. The van der Waals surface area contributed by atoms with Crippen LogP contribution < -0.4 is 5.56 Å². The lowest BCUT2D eigenvalue weighted by molar-refractivity contribution is -0.134. The first kappa shape index (κ1) is 17.3. The smallest absolute Gasteiger partial charge is 0.255 e. The Morgan fingerprint density at radius 3 is 2.84 bits per heavy atom. The Morgan fingerprint density at radius 2 is 2.20 bits per heavy atom. The van der Waals surface area contributed by atoms with Crippen LogP contribution >= 0.6 is 0 Å². The zero-order valence-corrected chi connectivity index (χ0v) is 14.8. The summed E-state index contributed by atoms with van der Waals surface area (Å²) in [7, 11) is 2.05. The van der Waals surface area contributed by atoms with Crippen molar-refractivity contribution in [1.82, 2.24) is 24.8 Å². The number of aryl methyl sites for hydroxylation is 1. The molecule has 7 heteroatoms. The van der Waals surface area contributed by atoms with Gasteiger partial charge in [0.25, 0.3) is 5.56 Å². The van der Waals surface area contributed by atoms with Crippen LogP contribution in [0.3, 0.4) is 0 Å². The highest BCUT2D eigenvalue weighted by molar-refractivity contribution is 5.79. The van der Waals surface area contributed by atoms with Crippen LogP contribution in [0.25, 0.3) is 11.4 Å². The molecule has 0 spiro atoms. The van der Waals surface area contributed by atoms with E-state index in [2.05, 4.69) is 19.9 Å². The zero-order chi connectivity index (χ0) is 18.0. The second-order valence-electron chi connectivity index (χ2n) is 6.60. The standard InChI is InChI=1S/C18H23N5O2/c1-12-11-22(3)7-8-23(12)16(24)9-15-13(2)20-17(21-18(15)25)14-5-4-6-19-10-14/h4-6,10,12H,7-9,11H2,1-3H3,(H,20,21,25). The number of aromatic amines is 1. The molecule has 0 aliphatic carbocycles. The first-order chi connectivity index (χ1) is 12.0. The van der Waals surface area contributed by atoms with Crippen LogP contribution in [0, 0.1) is 6.92 Å². The van der Waals surface area contributed by atoms with Crippen molar-refractivity contribution < 1.29 is 4.79 Å². The molecule has 1 saturated heterocycles. The minimum Gasteiger partial charge on any atom is -0.337 e. The lowest BCUT2D eigenvalue weighted by Crippen LogP contribution is -2.53. The molecule has 1 atom stereocenters. The summed E-state index contributed by atoms with van der Waals surface area (Å²) in [6.07, 6.45) is 3.39. The molecular formula is C18H23N5O2. The average Bonchev–Trinajstić information content (AvgIpc) is 2.58. The third kappa shape index (κ3) is 3.76. The van der Waals surface area contributed by atoms with Gasteiger partial charge in [-0.1, -0.05) is 0 Å². The van der Waals surface area contributed by atoms with E-state index in [1.807, 2.05) is 24.9 Å². The Balaban J connectivity index is 1.81. The maximum absolute atomic E-state index is 12.7. The molecule has 0 aromatic carbocycles. The fourth-order valence-electron chi connectivity index (χ4n) is 3.22. The third-order valence-corrected chi connectivity index (χ3v) is 4.64. The molecule has 25 heavy (non-hydrogen) atoms. The van der Waals surface area contributed by atoms with E-state index in [9.17, 15) is 9.59 Å². The number of nitrogens with zero attached hydrogens (tertiary/aromatic N) is 4. The van der Waals surface area contributed by atoms with Gasteiger partial charge in [-0.25, -0.2) is 4.98 Å². The van der Waals surface area contributed by atoms with Crippen LogP contribution in [0.2, 0.25) is 0 Å². The van der Waals surface area contributed by atoms with E-state index in [-0.39, 0.29) is 23.9 Å². The summed E-state index contributed by atoms with van der Waals surface area (Å²) in [5.41, 5.74) is 1.50. The van der Waals surface area contributed by atoms with Gasteiger partial charge in [0.1, 0.15) is 5.82 Å². The molecular weight excluding hydrogens is 318 g/mol. The summed E-state index contributed by atoms with van der Waals surface area (Å²) in [5, 5.41) is 0. The van der Waals surface area contributed by atoms with Crippen molar-refractivity contribution >= 4 is 5.91 Å². The number of nitrogens with one attached hydrogen (secondary N) is 1. The van der Waals surface area contributed by atoms with Crippen molar-refractivity contribution in [3.05, 3.63) is 46.1 Å². The topological polar surface area (TPSA) is 82.2 Å². The Hall–Kier alpha value is -2.54. The fraction of sp³-hybridized carbons (Fsp3) is 0.444. The molecule has 2 aromatic rings. The normalized spacial score (nSPS) is 18.4. The highest BCUT2D eigenvalue weighted by Gasteiger charge is 2.26. The average molecular weight is 341 g/mol. The molecule has 132 valence electrons. The molecule has 1 unspecified atom stereocenters. The van der Waals surface area contributed by atoms with E-state index in [0.717, 1.165) is 18.7 Å². The SMILES string of the molecule is Cc1nc(-c2cccnc2)[nH]c(=O)c1CC(=O)N1CCN(C)CC1C. The van der Waals surface area contributed by atoms with Gasteiger partial charge in [0.2, 0.25) is 5.91 Å². The molecule has 0 saturated carbocycles. The van der Waals surface area contributed by atoms with Gasteiger partial charge in [-0.2, -0.15) is 0 Å². The first-order valence-electron chi connectivity index (χ1n) is 8.44. The van der Waals surface area contributed by atoms with Gasteiger partial charge in [-0.3, -0.25) is 14.6 Å². The van der Waals surface area contributed by atoms with Crippen molar-refractivity contribution in [2.24, 2.45) is 0 Å². The summed E-state index contributed by atoms with van der Waals surface area (Å²) in [6.45, 7) is 6.19. The van der Waals surface area contributed by atoms with Crippen LogP contribution in [0.1, 0.15) is 18.2 Å². The van der Waals surface area contributed by atoms with E-state index >= 15 is 0 Å². The molecule has 1 aliphatic rings. The molecule has 3 heterocycles. The predicted molar refractivity (Wildman–Crippen MR) is 95.2 cm³/mol. The first-order valence-corrected chi connectivity index (χ1v) is 8.44. The largest absolute Gasteiger partial charge is 0.337 e. The molecule has 3 rings (SSSR count). The maximum atomic E-state index is 12.7. The van der Waals surface area contributed by atoms with E-state index in [4.69, 9.17) is 0 Å². The minimum absolute atomic E-state index is 0.0230. The number of piperazine rings is 1. The molecule has 0 bridgehead atoms. The lowest BCUT2D eigenvalue weighted by atomic mass is 10.1. The highest BCUT2D eigenvalue weighted by Crippen LogP contribution is 2.14. The van der Waals surface area contributed by atoms with Crippen LogP contribution in [-0.4, -0.2) is 63.4 Å². The van der Waals surface area contributed by atoms with Crippen molar-refractivity contribution in [2.75, 3.05) is 26.7 Å². The molecule has 0 radical (unpaired) electrons. The summed E-state index contributed by atoms with van der Waals surface area (Å²) in [5.74, 6) is 0.449. The number of pyridine rings is 1. The highest BCUT2D eigenvalue weighted by atomic mass is 16.2. The van der Waals surface area contributed by atoms with Gasteiger partial charge in [-0.05, 0) is 33.0 Å². The van der Waals surface area contributed by atoms with Crippen LogP contribution in [0.15, 0.2) is 29.3 Å². The van der Waals surface area contributed by atoms with Gasteiger partial charge < -0.3 is 14.8 Å². The number of carbonyl (C=O) groups is 1. The molecule has 1 N–H and O–H groups in total. The monoisotopic (exact) mass is 341 g/mol. The van der Waals surface area contributed by atoms with Gasteiger partial charge in [0.15, 0.2) is 0 Å². The van der Waals surface area contributed by atoms with Crippen molar-refractivity contribution in [3.63, 3.8) is 0 Å². The summed E-state index contributed by atoms with van der Waals surface area (Å²) in [6, 6.07) is 3.77. The Kier molecular flexibility index (Phi) is 4.94. The quantitative estimate of drug-likeness (QED) is 0.895. The van der Waals surface area contributed by atoms with E-state index in [0.29, 0.717) is 23.6 Å². The van der Waals surface area contributed by atoms with Gasteiger partial charge >= 0.3 is 0 Å². The number of H-pyrrole nitrogens is 1. The number of rotatable bonds is 3. The van der Waals surface area contributed by atoms with Crippen molar-refractivity contribution in [2.45, 2.75) is 26.3 Å². The number of hydrogen-bond acceptors (Lipinski definition) is 5. The predicted octanol–water partition coefficient (Wildman–Crippen LogP) is 0.845. The molecule has 1 aliphatic heterocycles. The Morgan fingerprint density at radius 1 is 1.40 bits per heavy atom. The summed E-state index contributed by atoms with van der Waals surface area (Å²) in [4.78, 5) is 40.5. The Labute approximate surface area is 146 Å². The summed E-state index contributed by atoms with van der Waals surface area (Å²) >= 11 is 0. The van der Waals surface area contributed by atoms with E-state index in [1.54, 1.807) is 25.4 Å². The second kappa shape index (κ2) is 7.14. The lowest BCUT2D eigenvalue weighted by Gasteiger charge is -2.38. The van der Waals surface area contributed by atoms with Crippen LogP contribution in [0.5, 0.6) is 0 Å². The maximum Gasteiger partial charge on any atom is 0.255 e. The number of carbonyl (C=O) groups excluding carboxylic acids is 1. The molecule has 1 fully saturated rings. The van der Waals surface area contributed by atoms with Crippen molar-refractivity contribution in [3.8, 4) is 11.4 Å². The Bertz CT molecular complexity index is 818. The number of amides is 1. The third-order valence-electron chi connectivity index (χ3n) is 4.64. The summed E-state index contributed by atoms with van der Waals surface area (Å²) < 4.78 is 0. The van der Waals surface area contributed by atoms with E-state index in [1.165, 1.54) is 0 Å². The van der Waals surface area contributed by atoms with Crippen LogP contribution in [-0.2, 0) is 11.2 Å². The second-order valence-corrected chi connectivity index (χ2v) is 6.60. The van der Waals surface area contributed by atoms with Gasteiger partial charge in [0.05, 0.1) is 6.42 Å². The van der Waals surface area contributed by atoms with Gasteiger partial charge in [0, 0.05) is 54.9 Å². The zero-order valence-electron chi connectivity index (χ0n) is 14.8. The number of likely N-dealkylation sites (N-methyl/N-ethyl adjacent to an activating group) is 1. The molecule has 1 amide bonds.